The van der Waals surface area contributed by atoms with Crippen LogP contribution in [0.15, 0.2) is 206 Å². The van der Waals surface area contributed by atoms with E-state index in [2.05, 4.69) is 231 Å². The Bertz CT molecular complexity index is 2480. The first-order valence-corrected chi connectivity index (χ1v) is 24.3. The van der Waals surface area contributed by atoms with Crippen LogP contribution in [0.1, 0.15) is 122 Å². The molecule has 7 aromatic carbocycles. The Morgan fingerprint density at radius 1 is 0.508 bits per heavy atom. The van der Waals surface area contributed by atoms with Gasteiger partial charge in [-0.25, -0.2) is 0 Å². The summed E-state index contributed by atoms with van der Waals surface area (Å²) in [6, 6.07) is 67.3. The summed E-state index contributed by atoms with van der Waals surface area (Å²) < 4.78 is 0. The van der Waals surface area contributed by atoms with Crippen molar-refractivity contribution in [2.45, 2.75) is 107 Å². The molecule has 0 N–H and O–H groups in total. The van der Waals surface area contributed by atoms with Crippen LogP contribution in [0.3, 0.4) is 0 Å². The van der Waals surface area contributed by atoms with Crippen LogP contribution in [0.4, 0.5) is 0 Å². The van der Waals surface area contributed by atoms with Gasteiger partial charge in [-0.1, -0.05) is 254 Å². The minimum absolute atomic E-state index is 0.498. The molecule has 0 aliphatic rings. The molecule has 0 aliphatic heterocycles. The van der Waals surface area contributed by atoms with Gasteiger partial charge >= 0.3 is 0 Å². The first-order valence-electron chi connectivity index (χ1n) is 24.3. The van der Waals surface area contributed by atoms with Crippen LogP contribution in [-0.4, -0.2) is 0 Å². The van der Waals surface area contributed by atoms with Gasteiger partial charge in [0.2, 0.25) is 0 Å². The van der Waals surface area contributed by atoms with Crippen molar-refractivity contribution in [1.82, 2.24) is 0 Å². The summed E-state index contributed by atoms with van der Waals surface area (Å²) >= 11 is 0. The van der Waals surface area contributed by atoms with E-state index in [1.807, 2.05) is 32.0 Å². The zero-order valence-electron chi connectivity index (χ0n) is 41.2. The maximum atomic E-state index is 4.09. The minimum atomic E-state index is 0.498. The molecule has 0 bridgehead atoms. The summed E-state index contributed by atoms with van der Waals surface area (Å²) in [6.07, 6.45) is 10.6. The third-order valence-electron chi connectivity index (χ3n) is 11.8. The molecule has 0 amide bonds. The van der Waals surface area contributed by atoms with Gasteiger partial charge in [-0.2, -0.15) is 0 Å². The third-order valence-corrected chi connectivity index (χ3v) is 11.8. The molecule has 0 fully saturated rings. The highest BCUT2D eigenvalue weighted by molar-refractivity contribution is 5.80. The standard InChI is InChI=1S/C31H30.C25H32.C7H8.C2H6/c1-4-5-11-25-18-19-30(22-31(25)24-12-7-6-8-13-24)29-17-10-16-28(21-29)27-15-9-14-26(20-27)23(2)3;1-5-14-24(22-18-12-9-13-19-22)25(15-6-2)23(7-3)20(4)21-16-10-8-11-17-21;1-7-5-3-2-4-6-7;1-2/h6-10,12-22H,2,4-5,11H2,1,3H3;8-14,16-19,25H,5-7,15H2,1-4H3;2-6H,1H3;1-2H3/b;23-20+,24-14+;;. The SMILES string of the molecule is C=C(C)c1cccc(-c2cccc(-c3ccc(CCCC)c(-c4ccccc4)c3)c2)c1.CC.CC/C=C(\c1ccccc1)C(CCC)/C(CC)=C(\C)c1ccccc1.Cc1ccccc1. The second-order valence-corrected chi connectivity index (χ2v) is 16.6. The molecule has 1 atom stereocenters. The predicted octanol–water partition coefficient (Wildman–Crippen LogP) is 19.9. The highest BCUT2D eigenvalue weighted by Crippen LogP contribution is 2.39. The van der Waals surface area contributed by atoms with E-state index in [0.717, 1.165) is 24.8 Å². The Balaban J connectivity index is 0.000000243. The lowest BCUT2D eigenvalue weighted by Gasteiger charge is -2.26. The fourth-order valence-electron chi connectivity index (χ4n) is 8.37. The molecule has 336 valence electrons. The van der Waals surface area contributed by atoms with Crippen LogP contribution in [0.25, 0.3) is 50.1 Å². The first kappa shape index (κ1) is 51.4. The Morgan fingerprint density at radius 3 is 1.51 bits per heavy atom. The number of rotatable bonds is 15. The number of benzene rings is 7. The molecule has 7 aromatic rings. The van der Waals surface area contributed by atoms with Gasteiger partial charge in [-0.3, -0.25) is 0 Å². The molecule has 0 heteroatoms. The van der Waals surface area contributed by atoms with E-state index in [0.29, 0.717) is 5.92 Å². The fourth-order valence-corrected chi connectivity index (χ4v) is 8.37. The normalized spacial score (nSPS) is 11.6. The molecule has 0 saturated heterocycles. The highest BCUT2D eigenvalue weighted by Gasteiger charge is 2.21. The van der Waals surface area contributed by atoms with Gasteiger partial charge in [0.1, 0.15) is 0 Å². The van der Waals surface area contributed by atoms with Gasteiger partial charge in [0.05, 0.1) is 0 Å². The van der Waals surface area contributed by atoms with Crippen molar-refractivity contribution in [2.75, 3.05) is 0 Å². The maximum absolute atomic E-state index is 4.09. The fraction of sp³-hybridized carbons (Fsp3) is 0.262. The lowest BCUT2D eigenvalue weighted by molar-refractivity contribution is 0.654. The van der Waals surface area contributed by atoms with Crippen molar-refractivity contribution in [3.05, 3.63) is 234 Å². The largest absolute Gasteiger partial charge is 0.0955 e. The minimum Gasteiger partial charge on any atom is -0.0955 e. The molecule has 0 nitrogen and oxygen atoms in total. The number of hydrogen-bond donors (Lipinski definition) is 0. The lowest BCUT2D eigenvalue weighted by atomic mass is 9.79. The first-order chi connectivity index (χ1) is 31.8. The second-order valence-electron chi connectivity index (χ2n) is 16.6. The average Bonchev–Trinajstić information content (AvgIpc) is 3.37. The molecule has 1 unspecified atom stereocenters. The molecule has 0 aliphatic carbocycles. The van der Waals surface area contributed by atoms with Crippen molar-refractivity contribution < 1.29 is 0 Å². The molecule has 0 saturated carbocycles. The van der Waals surface area contributed by atoms with Crippen molar-refractivity contribution >= 4 is 16.7 Å². The van der Waals surface area contributed by atoms with Crippen molar-refractivity contribution in [3.8, 4) is 33.4 Å². The van der Waals surface area contributed by atoms with E-state index in [4.69, 9.17) is 0 Å². The molecular formula is C65H76. The van der Waals surface area contributed by atoms with E-state index in [1.165, 1.54) is 98.0 Å². The zero-order chi connectivity index (χ0) is 46.8. The number of unbranched alkanes of at least 4 members (excludes halogenated alkanes) is 1. The van der Waals surface area contributed by atoms with Crippen LogP contribution >= 0.6 is 0 Å². The van der Waals surface area contributed by atoms with Gasteiger partial charge in [0.25, 0.3) is 0 Å². The molecule has 0 spiro atoms. The summed E-state index contributed by atoms with van der Waals surface area (Å²) in [7, 11) is 0. The summed E-state index contributed by atoms with van der Waals surface area (Å²) in [5.74, 6) is 0.498. The Morgan fingerprint density at radius 2 is 1.00 bits per heavy atom. The average molecular weight is 857 g/mol. The van der Waals surface area contributed by atoms with Crippen LogP contribution in [0, 0.1) is 12.8 Å². The maximum Gasteiger partial charge on any atom is 0.00566 e. The number of hydrogen-bond acceptors (Lipinski definition) is 0. The lowest BCUT2D eigenvalue weighted by Crippen LogP contribution is -2.09. The van der Waals surface area contributed by atoms with Gasteiger partial charge in [0.15, 0.2) is 0 Å². The highest BCUT2D eigenvalue weighted by atomic mass is 14.3. The molecule has 0 radical (unpaired) electrons. The Labute approximate surface area is 395 Å². The molecule has 7 rings (SSSR count). The van der Waals surface area contributed by atoms with E-state index in [-0.39, 0.29) is 0 Å². The number of aryl methyl sites for hydroxylation is 2. The summed E-state index contributed by atoms with van der Waals surface area (Å²) in [5, 5.41) is 0. The second kappa shape index (κ2) is 28.5. The Kier molecular flexibility index (Phi) is 22.6. The van der Waals surface area contributed by atoms with E-state index >= 15 is 0 Å². The van der Waals surface area contributed by atoms with E-state index in [9.17, 15) is 0 Å². The monoisotopic (exact) mass is 857 g/mol. The van der Waals surface area contributed by atoms with Crippen LogP contribution in [0.5, 0.6) is 0 Å². The van der Waals surface area contributed by atoms with E-state index < -0.39 is 0 Å². The molecule has 0 aromatic heterocycles. The molecule has 0 heterocycles. The van der Waals surface area contributed by atoms with Crippen LogP contribution in [0.2, 0.25) is 0 Å². The smallest absolute Gasteiger partial charge is 0.00566 e. The predicted molar refractivity (Wildman–Crippen MR) is 291 cm³/mol. The molecule has 65 heavy (non-hydrogen) atoms. The van der Waals surface area contributed by atoms with Crippen LogP contribution < -0.4 is 0 Å². The quantitative estimate of drug-likeness (QED) is 0.0964. The third kappa shape index (κ3) is 15.8. The Hall–Kier alpha value is -6.24. The van der Waals surface area contributed by atoms with Gasteiger partial charge in [0, 0.05) is 5.92 Å². The van der Waals surface area contributed by atoms with Crippen molar-refractivity contribution in [1.29, 1.82) is 0 Å². The number of allylic oxidation sites excluding steroid dienone is 5. The van der Waals surface area contributed by atoms with Crippen molar-refractivity contribution in [2.24, 2.45) is 5.92 Å². The van der Waals surface area contributed by atoms with Crippen LogP contribution in [-0.2, 0) is 6.42 Å². The van der Waals surface area contributed by atoms with Gasteiger partial charge < -0.3 is 0 Å². The summed E-state index contributed by atoms with van der Waals surface area (Å²) in [4.78, 5) is 0. The molecular weight excluding hydrogens is 781 g/mol. The topological polar surface area (TPSA) is 0 Å². The van der Waals surface area contributed by atoms with Gasteiger partial charge in [-0.15, -0.1) is 0 Å². The van der Waals surface area contributed by atoms with Crippen molar-refractivity contribution in [3.63, 3.8) is 0 Å². The summed E-state index contributed by atoms with van der Waals surface area (Å²) in [5.41, 5.74) is 19.9. The summed E-state index contributed by atoms with van der Waals surface area (Å²) in [6.45, 7) is 23.6. The van der Waals surface area contributed by atoms with Gasteiger partial charge in [-0.05, 0) is 138 Å². The van der Waals surface area contributed by atoms with E-state index in [1.54, 1.807) is 5.57 Å². The zero-order valence-corrected chi connectivity index (χ0v) is 41.2.